The summed E-state index contributed by atoms with van der Waals surface area (Å²) in [6, 6.07) is -0.107. The van der Waals surface area contributed by atoms with Crippen molar-refractivity contribution in [3.63, 3.8) is 0 Å². The minimum atomic E-state index is -0.421. The van der Waals surface area contributed by atoms with Crippen LogP contribution < -0.4 is 11.1 Å². The average Bonchev–Trinajstić information content (AvgIpc) is 2.13. The average molecular weight is 240 g/mol. The lowest BCUT2D eigenvalue weighted by molar-refractivity contribution is -0.125. The molecule has 0 aromatic heterocycles. The Hall–Kier alpha value is -0.570. The van der Waals surface area contributed by atoms with Gasteiger partial charge in [-0.15, -0.1) is 0 Å². The fourth-order valence-corrected chi connectivity index (χ4v) is 2.75. The molecule has 0 bridgehead atoms. The van der Waals surface area contributed by atoms with Gasteiger partial charge in [-0.25, -0.2) is 0 Å². The van der Waals surface area contributed by atoms with E-state index in [0.717, 1.165) is 12.8 Å². The lowest BCUT2D eigenvalue weighted by Gasteiger charge is -2.34. The van der Waals surface area contributed by atoms with E-state index in [1.165, 1.54) is 6.42 Å². The molecule has 1 aliphatic carbocycles. The summed E-state index contributed by atoms with van der Waals surface area (Å²) in [4.78, 5) is 12.0. The van der Waals surface area contributed by atoms with Crippen LogP contribution in [0.15, 0.2) is 0 Å². The second-order valence-electron chi connectivity index (χ2n) is 6.97. The number of rotatable bonds is 2. The first-order chi connectivity index (χ1) is 7.70. The van der Waals surface area contributed by atoms with Gasteiger partial charge in [0.15, 0.2) is 0 Å². The molecule has 0 aliphatic heterocycles. The highest BCUT2D eigenvalue weighted by molar-refractivity contribution is 5.82. The molecule has 2 unspecified atom stereocenters. The first kappa shape index (κ1) is 14.5. The van der Waals surface area contributed by atoms with Crippen molar-refractivity contribution >= 4 is 5.91 Å². The van der Waals surface area contributed by atoms with Gasteiger partial charge in [-0.05, 0) is 36.5 Å². The van der Waals surface area contributed by atoms with Gasteiger partial charge < -0.3 is 11.1 Å². The molecule has 1 saturated carbocycles. The third kappa shape index (κ3) is 4.30. The van der Waals surface area contributed by atoms with E-state index in [9.17, 15) is 4.79 Å². The van der Waals surface area contributed by atoms with Crippen LogP contribution in [-0.4, -0.2) is 18.0 Å². The molecular weight excluding hydrogens is 212 g/mol. The van der Waals surface area contributed by atoms with E-state index in [1.54, 1.807) is 0 Å². The monoisotopic (exact) mass is 240 g/mol. The Bertz CT molecular complexity index is 260. The first-order valence-electron chi connectivity index (χ1n) is 6.76. The third-order valence-electron chi connectivity index (χ3n) is 3.74. The van der Waals surface area contributed by atoms with Gasteiger partial charge in [0, 0.05) is 6.04 Å². The van der Waals surface area contributed by atoms with E-state index in [1.807, 2.05) is 20.8 Å². The zero-order valence-corrected chi connectivity index (χ0v) is 11.9. The molecule has 1 fully saturated rings. The molecule has 17 heavy (non-hydrogen) atoms. The maximum Gasteiger partial charge on any atom is 0.237 e. The Labute approximate surface area is 106 Å². The molecule has 1 rings (SSSR count). The zero-order valence-electron chi connectivity index (χ0n) is 11.9. The molecule has 3 atom stereocenters. The van der Waals surface area contributed by atoms with E-state index in [-0.39, 0.29) is 11.3 Å². The zero-order chi connectivity index (χ0) is 13.2. The Balaban J connectivity index is 2.51. The topological polar surface area (TPSA) is 55.1 Å². The van der Waals surface area contributed by atoms with Gasteiger partial charge in [-0.1, -0.05) is 34.6 Å². The Morgan fingerprint density at radius 1 is 1.18 bits per heavy atom. The van der Waals surface area contributed by atoms with Gasteiger partial charge in [0.2, 0.25) is 5.91 Å². The lowest BCUT2D eigenvalue weighted by atomic mass is 9.80. The van der Waals surface area contributed by atoms with E-state index in [0.29, 0.717) is 17.9 Å². The largest absolute Gasteiger partial charge is 0.352 e. The van der Waals surface area contributed by atoms with Gasteiger partial charge in [-0.3, -0.25) is 4.79 Å². The molecule has 3 nitrogen and oxygen atoms in total. The number of hydrogen-bond acceptors (Lipinski definition) is 2. The van der Waals surface area contributed by atoms with Crippen molar-refractivity contribution in [3.05, 3.63) is 0 Å². The highest BCUT2D eigenvalue weighted by Crippen LogP contribution is 2.28. The Kier molecular flexibility index (Phi) is 4.59. The summed E-state index contributed by atoms with van der Waals surface area (Å²) >= 11 is 0. The maximum atomic E-state index is 12.0. The van der Waals surface area contributed by atoms with Crippen molar-refractivity contribution in [2.45, 2.75) is 66.0 Å². The van der Waals surface area contributed by atoms with Gasteiger partial charge in [0.05, 0.1) is 6.04 Å². The van der Waals surface area contributed by atoms with Gasteiger partial charge >= 0.3 is 0 Å². The van der Waals surface area contributed by atoms with E-state index in [4.69, 9.17) is 5.73 Å². The molecule has 0 radical (unpaired) electrons. The SMILES string of the molecule is CC1CC(C)CC(NC(=O)[C@@H](N)C(C)(C)C)C1. The molecule has 0 aromatic rings. The summed E-state index contributed by atoms with van der Waals surface area (Å²) in [5.41, 5.74) is 5.80. The molecule has 100 valence electrons. The molecule has 3 N–H and O–H groups in total. The molecule has 0 heterocycles. The molecule has 0 saturated heterocycles. The van der Waals surface area contributed by atoms with Crippen LogP contribution in [0.25, 0.3) is 0 Å². The Morgan fingerprint density at radius 2 is 1.65 bits per heavy atom. The van der Waals surface area contributed by atoms with Crippen LogP contribution in [0.1, 0.15) is 53.9 Å². The smallest absolute Gasteiger partial charge is 0.237 e. The molecule has 0 aromatic carbocycles. The van der Waals surface area contributed by atoms with Crippen LogP contribution >= 0.6 is 0 Å². The number of hydrogen-bond donors (Lipinski definition) is 2. The Morgan fingerprint density at radius 3 is 2.06 bits per heavy atom. The van der Waals surface area contributed by atoms with Crippen LogP contribution in [0.5, 0.6) is 0 Å². The predicted octanol–water partition coefficient (Wildman–Crippen LogP) is 2.30. The quantitative estimate of drug-likeness (QED) is 0.778. The van der Waals surface area contributed by atoms with Gasteiger partial charge in [0.1, 0.15) is 0 Å². The summed E-state index contributed by atoms with van der Waals surface area (Å²) in [6.45, 7) is 10.5. The van der Waals surface area contributed by atoms with Crippen LogP contribution in [-0.2, 0) is 4.79 Å². The minimum absolute atomic E-state index is 0.00352. The van der Waals surface area contributed by atoms with Crippen molar-refractivity contribution in [1.29, 1.82) is 0 Å². The van der Waals surface area contributed by atoms with Crippen molar-refractivity contribution in [3.8, 4) is 0 Å². The maximum absolute atomic E-state index is 12.0. The summed E-state index contributed by atoms with van der Waals surface area (Å²) in [6.07, 6.45) is 3.46. The second kappa shape index (κ2) is 5.38. The predicted molar refractivity (Wildman–Crippen MR) is 71.5 cm³/mol. The summed E-state index contributed by atoms with van der Waals surface area (Å²) < 4.78 is 0. The van der Waals surface area contributed by atoms with E-state index >= 15 is 0 Å². The lowest BCUT2D eigenvalue weighted by Crippen LogP contribution is -2.52. The van der Waals surface area contributed by atoms with Crippen LogP contribution in [0.2, 0.25) is 0 Å². The second-order valence-corrected chi connectivity index (χ2v) is 6.97. The highest BCUT2D eigenvalue weighted by atomic mass is 16.2. The molecule has 1 amide bonds. The van der Waals surface area contributed by atoms with Gasteiger partial charge in [0.25, 0.3) is 0 Å². The van der Waals surface area contributed by atoms with Crippen molar-refractivity contribution < 1.29 is 4.79 Å². The number of nitrogens with one attached hydrogen (secondary N) is 1. The van der Waals surface area contributed by atoms with E-state index in [2.05, 4.69) is 19.2 Å². The van der Waals surface area contributed by atoms with E-state index < -0.39 is 6.04 Å². The van der Waals surface area contributed by atoms with Crippen LogP contribution in [0.3, 0.4) is 0 Å². The fourth-order valence-electron chi connectivity index (χ4n) is 2.75. The molecular formula is C14H28N2O. The number of nitrogens with two attached hydrogens (primary N) is 1. The summed E-state index contributed by atoms with van der Waals surface area (Å²) in [5, 5.41) is 3.12. The number of carbonyl (C=O) groups is 1. The summed E-state index contributed by atoms with van der Waals surface area (Å²) in [7, 11) is 0. The van der Waals surface area contributed by atoms with Crippen LogP contribution in [0.4, 0.5) is 0 Å². The number of carbonyl (C=O) groups excluding carboxylic acids is 1. The van der Waals surface area contributed by atoms with Crippen molar-refractivity contribution in [2.75, 3.05) is 0 Å². The first-order valence-corrected chi connectivity index (χ1v) is 6.76. The van der Waals surface area contributed by atoms with Crippen molar-refractivity contribution in [1.82, 2.24) is 5.32 Å². The summed E-state index contributed by atoms with van der Waals surface area (Å²) in [5.74, 6) is 1.41. The molecule has 0 spiro atoms. The molecule has 3 heteroatoms. The minimum Gasteiger partial charge on any atom is -0.352 e. The standard InChI is InChI=1S/C14H28N2O/c1-9-6-10(2)8-11(7-9)16-13(17)12(15)14(3,4)5/h9-12H,6-8,15H2,1-5H3,(H,16,17)/t9?,10?,11?,12-/m1/s1. The normalized spacial score (nSPS) is 32.0. The van der Waals surface area contributed by atoms with Gasteiger partial charge in [-0.2, -0.15) is 0 Å². The molecule has 1 aliphatic rings. The van der Waals surface area contributed by atoms with Crippen molar-refractivity contribution in [2.24, 2.45) is 23.0 Å². The third-order valence-corrected chi connectivity index (χ3v) is 3.74. The van der Waals surface area contributed by atoms with Crippen LogP contribution in [0, 0.1) is 17.3 Å². The number of amides is 1. The highest BCUT2D eigenvalue weighted by Gasteiger charge is 2.31. The fraction of sp³-hybridized carbons (Fsp3) is 0.929.